The smallest absolute Gasteiger partial charge is 0.305 e. The van der Waals surface area contributed by atoms with Crippen molar-refractivity contribution in [3.8, 4) is 0 Å². The van der Waals surface area contributed by atoms with Crippen LogP contribution in [0.15, 0.2) is 0 Å². The summed E-state index contributed by atoms with van der Waals surface area (Å²) in [6.45, 7) is 9.83. The minimum Gasteiger partial charge on any atom is -0.469 e. The summed E-state index contributed by atoms with van der Waals surface area (Å²) in [6.07, 6.45) is 6.59. The summed E-state index contributed by atoms with van der Waals surface area (Å²) in [5.74, 6) is 0.916. The van der Waals surface area contributed by atoms with E-state index in [1.165, 1.54) is 21.0 Å². The van der Waals surface area contributed by atoms with Crippen LogP contribution >= 0.6 is 0 Å². The zero-order valence-corrected chi connectivity index (χ0v) is 23.0. The van der Waals surface area contributed by atoms with Crippen molar-refractivity contribution in [1.82, 2.24) is 0 Å². The van der Waals surface area contributed by atoms with Crippen LogP contribution in [0.4, 0.5) is 0 Å². The van der Waals surface area contributed by atoms with Crippen molar-refractivity contribution in [3.63, 3.8) is 0 Å². The Morgan fingerprint density at radius 2 is 1.67 bits per heavy atom. The van der Waals surface area contributed by atoms with Gasteiger partial charge in [0.15, 0.2) is 0 Å². The Morgan fingerprint density at radius 3 is 2.31 bits per heavy atom. The number of ether oxygens (including phenoxy) is 3. The van der Waals surface area contributed by atoms with Crippen LogP contribution in [-0.2, 0) is 28.6 Å². The average molecular weight is 507 g/mol. The van der Waals surface area contributed by atoms with Crippen molar-refractivity contribution >= 4 is 17.9 Å². The number of fused-ring (bicyclic) bond motifs is 5. The number of esters is 3. The van der Waals surface area contributed by atoms with Crippen LogP contribution in [0.3, 0.4) is 0 Å². The van der Waals surface area contributed by atoms with Gasteiger partial charge in [0.1, 0.15) is 12.2 Å². The number of aliphatic hydroxyl groups is 1. The fraction of sp³-hybridized carbons (Fsp3) is 0.897. The van der Waals surface area contributed by atoms with E-state index in [0.29, 0.717) is 12.3 Å². The number of hydrogen-bond donors (Lipinski definition) is 1. The lowest BCUT2D eigenvalue weighted by molar-refractivity contribution is -0.218. The fourth-order valence-corrected chi connectivity index (χ4v) is 9.45. The lowest BCUT2D eigenvalue weighted by Crippen LogP contribution is -2.63. The highest BCUT2D eigenvalue weighted by Gasteiger charge is 2.66. The summed E-state index contributed by atoms with van der Waals surface area (Å²) in [4.78, 5) is 35.7. The standard InChI is InChI=1S/C29H46O7/c1-16(7-10-26(33)34-6)21-8-9-22-27-23(15-25(29(21,22)5)36-18(3)31)28(4)12-11-20(35-17(2)30)13-19(28)14-24(27)32/h16,19-25,27,32H,7-15H2,1-6H3/t16-,19+,20-,21-,22?,23+,24-,25+,27+,28+,29-/m1/s1. The first kappa shape index (κ1) is 27.4. The van der Waals surface area contributed by atoms with E-state index in [2.05, 4.69) is 20.8 Å². The lowest BCUT2D eigenvalue weighted by atomic mass is 9.43. The Labute approximate surface area is 216 Å². The van der Waals surface area contributed by atoms with Gasteiger partial charge in [-0.25, -0.2) is 0 Å². The van der Waals surface area contributed by atoms with E-state index < -0.39 is 6.10 Å². The number of aliphatic hydroxyl groups excluding tert-OH is 1. The lowest BCUT2D eigenvalue weighted by Gasteiger charge is -2.64. The molecule has 4 fully saturated rings. The molecular weight excluding hydrogens is 460 g/mol. The van der Waals surface area contributed by atoms with Gasteiger partial charge in [0.05, 0.1) is 13.2 Å². The molecule has 7 heteroatoms. The molecule has 0 saturated heterocycles. The van der Waals surface area contributed by atoms with Crippen molar-refractivity contribution in [2.45, 2.75) is 111 Å². The minimum atomic E-state index is -0.407. The molecule has 1 N–H and O–H groups in total. The Morgan fingerprint density at radius 1 is 0.972 bits per heavy atom. The maximum absolute atomic E-state index is 12.3. The van der Waals surface area contributed by atoms with Gasteiger partial charge in [-0.05, 0) is 92.3 Å². The van der Waals surface area contributed by atoms with Gasteiger partial charge in [-0.15, -0.1) is 0 Å². The number of carbonyl (C=O) groups excluding carboxylic acids is 3. The van der Waals surface area contributed by atoms with Gasteiger partial charge in [-0.3, -0.25) is 14.4 Å². The van der Waals surface area contributed by atoms with Crippen LogP contribution in [0.1, 0.15) is 92.4 Å². The third-order valence-corrected chi connectivity index (χ3v) is 11.1. The second-order valence-corrected chi connectivity index (χ2v) is 12.8. The van der Waals surface area contributed by atoms with Crippen molar-refractivity contribution in [2.75, 3.05) is 7.11 Å². The molecule has 0 aliphatic heterocycles. The van der Waals surface area contributed by atoms with Crippen LogP contribution in [0.5, 0.6) is 0 Å². The first-order valence-corrected chi connectivity index (χ1v) is 14.0. The van der Waals surface area contributed by atoms with Gasteiger partial charge in [0.25, 0.3) is 0 Å². The van der Waals surface area contributed by atoms with Crippen LogP contribution in [-0.4, -0.2) is 48.4 Å². The highest BCUT2D eigenvalue weighted by Crippen LogP contribution is 2.69. The Balaban J connectivity index is 1.62. The van der Waals surface area contributed by atoms with Crippen LogP contribution in [0.2, 0.25) is 0 Å². The second kappa shape index (κ2) is 10.3. The van der Waals surface area contributed by atoms with Crippen molar-refractivity contribution in [3.05, 3.63) is 0 Å². The van der Waals surface area contributed by atoms with Gasteiger partial charge in [0, 0.05) is 25.7 Å². The largest absolute Gasteiger partial charge is 0.469 e. The molecule has 0 spiro atoms. The van der Waals surface area contributed by atoms with Gasteiger partial charge >= 0.3 is 17.9 Å². The molecule has 1 unspecified atom stereocenters. The number of carbonyl (C=O) groups is 3. The zero-order valence-electron chi connectivity index (χ0n) is 23.0. The van der Waals surface area contributed by atoms with Gasteiger partial charge in [-0.2, -0.15) is 0 Å². The van der Waals surface area contributed by atoms with Gasteiger partial charge in [0.2, 0.25) is 0 Å². The number of rotatable bonds is 6. The third kappa shape index (κ3) is 4.69. The first-order valence-electron chi connectivity index (χ1n) is 14.0. The minimum absolute atomic E-state index is 0.0227. The summed E-state index contributed by atoms with van der Waals surface area (Å²) < 4.78 is 16.6. The molecule has 11 atom stereocenters. The molecule has 0 aromatic rings. The number of hydrogen-bond acceptors (Lipinski definition) is 7. The summed E-state index contributed by atoms with van der Waals surface area (Å²) in [5.41, 5.74) is -0.212. The maximum atomic E-state index is 12.3. The normalized spacial score (nSPS) is 44.4. The molecule has 4 saturated carbocycles. The molecule has 0 aromatic carbocycles. The molecule has 0 heterocycles. The SMILES string of the molecule is COC(=O)CC[C@@H](C)[C@H]1CCC2[C@@H]3[C@H](O)C[C@@H]4C[C@H](OC(C)=O)CC[C@]4(C)[C@H]3C[C@H](OC(C)=O)[C@@]21C. The molecule has 0 radical (unpaired) electrons. The topological polar surface area (TPSA) is 99.1 Å². The van der Waals surface area contributed by atoms with E-state index in [0.717, 1.165) is 51.4 Å². The van der Waals surface area contributed by atoms with E-state index in [1.807, 2.05) is 0 Å². The molecule has 204 valence electrons. The average Bonchev–Trinajstić information content (AvgIpc) is 3.16. The zero-order chi connectivity index (χ0) is 26.4. The fourth-order valence-electron chi connectivity index (χ4n) is 9.45. The number of methoxy groups -OCH3 is 1. The van der Waals surface area contributed by atoms with Crippen LogP contribution < -0.4 is 0 Å². The molecule has 0 aromatic heterocycles. The molecule has 4 aliphatic rings. The first-order chi connectivity index (χ1) is 16.9. The predicted molar refractivity (Wildman–Crippen MR) is 134 cm³/mol. The van der Waals surface area contributed by atoms with E-state index in [4.69, 9.17) is 14.2 Å². The summed E-state index contributed by atoms with van der Waals surface area (Å²) >= 11 is 0. The molecule has 0 bridgehead atoms. The van der Waals surface area contributed by atoms with Crippen molar-refractivity contribution in [2.24, 2.45) is 46.3 Å². The third-order valence-electron chi connectivity index (χ3n) is 11.1. The molecule has 4 rings (SSSR count). The molecule has 36 heavy (non-hydrogen) atoms. The van der Waals surface area contributed by atoms with Gasteiger partial charge in [-0.1, -0.05) is 20.8 Å². The molecular formula is C29H46O7. The molecule has 0 amide bonds. The Hall–Kier alpha value is -1.63. The van der Waals surface area contributed by atoms with E-state index in [9.17, 15) is 19.5 Å². The summed E-state index contributed by atoms with van der Waals surface area (Å²) in [6, 6.07) is 0. The van der Waals surface area contributed by atoms with E-state index in [1.54, 1.807) is 0 Å². The predicted octanol–water partition coefficient (Wildman–Crippen LogP) is 4.68. The van der Waals surface area contributed by atoms with E-state index in [-0.39, 0.29) is 70.5 Å². The van der Waals surface area contributed by atoms with Crippen LogP contribution in [0.25, 0.3) is 0 Å². The Kier molecular flexibility index (Phi) is 7.81. The van der Waals surface area contributed by atoms with Crippen LogP contribution in [0, 0.1) is 46.3 Å². The monoisotopic (exact) mass is 506 g/mol. The summed E-state index contributed by atoms with van der Waals surface area (Å²) in [5, 5.41) is 11.6. The van der Waals surface area contributed by atoms with E-state index >= 15 is 0 Å². The second-order valence-electron chi connectivity index (χ2n) is 12.8. The highest BCUT2D eigenvalue weighted by atomic mass is 16.5. The van der Waals surface area contributed by atoms with Crippen molar-refractivity contribution < 1.29 is 33.7 Å². The quantitative estimate of drug-likeness (QED) is 0.412. The van der Waals surface area contributed by atoms with Crippen molar-refractivity contribution in [1.29, 1.82) is 0 Å². The highest BCUT2D eigenvalue weighted by molar-refractivity contribution is 5.69. The maximum Gasteiger partial charge on any atom is 0.305 e. The summed E-state index contributed by atoms with van der Waals surface area (Å²) in [7, 11) is 1.43. The molecule has 4 aliphatic carbocycles. The Bertz CT molecular complexity index is 857. The molecule has 7 nitrogen and oxygen atoms in total. The van der Waals surface area contributed by atoms with Gasteiger partial charge < -0.3 is 19.3 Å².